The third kappa shape index (κ3) is 3.98. The van der Waals surface area contributed by atoms with E-state index in [2.05, 4.69) is 25.4 Å². The molecule has 0 unspecified atom stereocenters. The molecule has 7 nitrogen and oxygen atoms in total. The van der Waals surface area contributed by atoms with Crippen molar-refractivity contribution in [1.29, 1.82) is 0 Å². The normalized spacial score (nSPS) is 14.5. The first-order valence-corrected chi connectivity index (χ1v) is 8.30. The Morgan fingerprint density at radius 2 is 2.00 bits per heavy atom. The van der Waals surface area contributed by atoms with E-state index in [4.69, 9.17) is 0 Å². The SMILES string of the molecule is CCCC(=O)N1CCN(c2ccc(Nc3cccnc3)nn2)CC1. The average molecular weight is 326 g/mol. The number of pyridine rings is 1. The van der Waals surface area contributed by atoms with Gasteiger partial charge in [0.2, 0.25) is 5.91 Å². The second-order valence-corrected chi connectivity index (χ2v) is 5.76. The number of carbonyl (C=O) groups excluding carboxylic acids is 1. The molecule has 0 aromatic carbocycles. The summed E-state index contributed by atoms with van der Waals surface area (Å²) in [5, 5.41) is 11.7. The number of piperazine rings is 1. The average Bonchev–Trinajstić information content (AvgIpc) is 2.64. The first-order chi connectivity index (χ1) is 11.8. The molecule has 1 saturated heterocycles. The van der Waals surface area contributed by atoms with Crippen molar-refractivity contribution in [2.75, 3.05) is 36.4 Å². The van der Waals surface area contributed by atoms with E-state index in [0.717, 1.165) is 44.1 Å². The lowest BCUT2D eigenvalue weighted by molar-refractivity contribution is -0.131. The van der Waals surface area contributed by atoms with Crippen LogP contribution in [0.15, 0.2) is 36.7 Å². The summed E-state index contributed by atoms with van der Waals surface area (Å²) >= 11 is 0. The molecule has 1 aliphatic heterocycles. The van der Waals surface area contributed by atoms with Crippen molar-refractivity contribution in [1.82, 2.24) is 20.1 Å². The van der Waals surface area contributed by atoms with Crippen molar-refractivity contribution >= 4 is 23.2 Å². The molecule has 0 aliphatic carbocycles. The van der Waals surface area contributed by atoms with Gasteiger partial charge in [0.1, 0.15) is 0 Å². The number of rotatable bonds is 5. The Hall–Kier alpha value is -2.70. The number of hydrogen-bond donors (Lipinski definition) is 1. The van der Waals surface area contributed by atoms with Crippen LogP contribution in [0.3, 0.4) is 0 Å². The second-order valence-electron chi connectivity index (χ2n) is 5.76. The first-order valence-electron chi connectivity index (χ1n) is 8.30. The smallest absolute Gasteiger partial charge is 0.222 e. The molecular formula is C17H22N6O. The minimum atomic E-state index is 0.249. The number of hydrogen-bond acceptors (Lipinski definition) is 6. The summed E-state index contributed by atoms with van der Waals surface area (Å²) in [6, 6.07) is 7.65. The Balaban J connectivity index is 1.56. The predicted octanol–water partition coefficient (Wildman–Crippen LogP) is 2.06. The summed E-state index contributed by atoms with van der Waals surface area (Å²) in [6.45, 7) is 5.11. The molecule has 3 heterocycles. The van der Waals surface area contributed by atoms with Gasteiger partial charge < -0.3 is 15.1 Å². The molecule has 0 spiro atoms. The van der Waals surface area contributed by atoms with Crippen molar-refractivity contribution < 1.29 is 4.79 Å². The van der Waals surface area contributed by atoms with Crippen LogP contribution in [0, 0.1) is 0 Å². The van der Waals surface area contributed by atoms with Crippen LogP contribution in [0.25, 0.3) is 0 Å². The van der Waals surface area contributed by atoms with Crippen LogP contribution in [0.5, 0.6) is 0 Å². The summed E-state index contributed by atoms with van der Waals surface area (Å²) < 4.78 is 0. The van der Waals surface area contributed by atoms with Gasteiger partial charge >= 0.3 is 0 Å². The lowest BCUT2D eigenvalue weighted by atomic mass is 10.2. The topological polar surface area (TPSA) is 74.2 Å². The minimum Gasteiger partial charge on any atom is -0.352 e. The van der Waals surface area contributed by atoms with Crippen LogP contribution in [0.2, 0.25) is 0 Å². The highest BCUT2D eigenvalue weighted by Crippen LogP contribution is 2.17. The van der Waals surface area contributed by atoms with Crippen molar-refractivity contribution in [2.24, 2.45) is 0 Å². The maximum absolute atomic E-state index is 11.9. The minimum absolute atomic E-state index is 0.249. The van der Waals surface area contributed by atoms with Crippen LogP contribution in [-0.4, -0.2) is 52.2 Å². The maximum Gasteiger partial charge on any atom is 0.222 e. The van der Waals surface area contributed by atoms with Gasteiger partial charge in [0, 0.05) is 38.8 Å². The molecule has 0 bridgehead atoms. The number of anilines is 3. The van der Waals surface area contributed by atoms with Crippen molar-refractivity contribution in [3.05, 3.63) is 36.7 Å². The first kappa shape index (κ1) is 16.2. The van der Waals surface area contributed by atoms with E-state index in [1.54, 1.807) is 12.4 Å². The van der Waals surface area contributed by atoms with E-state index in [0.29, 0.717) is 12.2 Å². The molecule has 2 aromatic rings. The van der Waals surface area contributed by atoms with Crippen molar-refractivity contribution in [2.45, 2.75) is 19.8 Å². The number of carbonyl (C=O) groups is 1. The summed E-state index contributed by atoms with van der Waals surface area (Å²) in [5.74, 6) is 1.78. The molecule has 2 aromatic heterocycles. The molecule has 3 rings (SSSR count). The Bertz CT molecular complexity index is 653. The van der Waals surface area contributed by atoms with Gasteiger partial charge in [0.05, 0.1) is 11.9 Å². The number of nitrogens with zero attached hydrogens (tertiary/aromatic N) is 5. The second kappa shape index (κ2) is 7.72. The van der Waals surface area contributed by atoms with Gasteiger partial charge in [-0.1, -0.05) is 6.92 Å². The highest BCUT2D eigenvalue weighted by Gasteiger charge is 2.21. The zero-order valence-corrected chi connectivity index (χ0v) is 13.9. The molecule has 0 radical (unpaired) electrons. The zero-order chi connectivity index (χ0) is 16.8. The fraction of sp³-hybridized carbons (Fsp3) is 0.412. The molecule has 7 heteroatoms. The fourth-order valence-corrected chi connectivity index (χ4v) is 2.70. The summed E-state index contributed by atoms with van der Waals surface area (Å²) in [6.07, 6.45) is 5.00. The molecule has 1 aliphatic rings. The standard InChI is InChI=1S/C17H22N6O/c1-2-4-17(24)23-11-9-22(10-12-23)16-7-6-15(20-21-16)19-14-5-3-8-18-13-14/h3,5-8,13H,2,4,9-12H2,1H3,(H,19,20). The van der Waals surface area contributed by atoms with Gasteiger partial charge in [0.25, 0.3) is 0 Å². The summed E-state index contributed by atoms with van der Waals surface area (Å²) in [5.41, 5.74) is 0.877. The lowest BCUT2D eigenvalue weighted by Gasteiger charge is -2.35. The van der Waals surface area contributed by atoms with Crippen molar-refractivity contribution in [3.63, 3.8) is 0 Å². The van der Waals surface area contributed by atoms with Gasteiger partial charge in [-0.25, -0.2) is 0 Å². The van der Waals surface area contributed by atoms with E-state index < -0.39 is 0 Å². The highest BCUT2D eigenvalue weighted by atomic mass is 16.2. The van der Waals surface area contributed by atoms with Crippen LogP contribution < -0.4 is 10.2 Å². The molecular weight excluding hydrogens is 304 g/mol. The highest BCUT2D eigenvalue weighted by molar-refractivity contribution is 5.76. The largest absolute Gasteiger partial charge is 0.352 e. The Morgan fingerprint density at radius 3 is 2.62 bits per heavy atom. The van der Waals surface area contributed by atoms with E-state index in [1.165, 1.54) is 0 Å². The molecule has 24 heavy (non-hydrogen) atoms. The monoisotopic (exact) mass is 326 g/mol. The van der Waals surface area contributed by atoms with E-state index in [1.807, 2.05) is 36.1 Å². The predicted molar refractivity (Wildman–Crippen MR) is 93.3 cm³/mol. The number of nitrogens with one attached hydrogen (secondary N) is 1. The van der Waals surface area contributed by atoms with E-state index >= 15 is 0 Å². The van der Waals surface area contributed by atoms with Crippen LogP contribution in [0.1, 0.15) is 19.8 Å². The molecule has 126 valence electrons. The third-order valence-electron chi connectivity index (χ3n) is 4.00. The summed E-state index contributed by atoms with van der Waals surface area (Å²) in [7, 11) is 0. The van der Waals surface area contributed by atoms with Crippen LogP contribution in [0.4, 0.5) is 17.3 Å². The van der Waals surface area contributed by atoms with Gasteiger partial charge in [-0.15, -0.1) is 10.2 Å². The van der Waals surface area contributed by atoms with Crippen molar-refractivity contribution in [3.8, 4) is 0 Å². The fourth-order valence-electron chi connectivity index (χ4n) is 2.70. The molecule has 1 amide bonds. The van der Waals surface area contributed by atoms with E-state index in [-0.39, 0.29) is 5.91 Å². The Kier molecular flexibility index (Phi) is 5.20. The maximum atomic E-state index is 11.9. The summed E-state index contributed by atoms with van der Waals surface area (Å²) in [4.78, 5) is 20.1. The van der Waals surface area contributed by atoms with Gasteiger partial charge in [-0.2, -0.15) is 0 Å². The molecule has 0 atom stereocenters. The number of amides is 1. The quantitative estimate of drug-likeness (QED) is 0.906. The molecule has 0 saturated carbocycles. The zero-order valence-electron chi connectivity index (χ0n) is 13.9. The molecule has 1 fully saturated rings. The lowest BCUT2D eigenvalue weighted by Crippen LogP contribution is -2.49. The molecule has 1 N–H and O–H groups in total. The third-order valence-corrected chi connectivity index (χ3v) is 4.00. The van der Waals surface area contributed by atoms with Crippen LogP contribution in [-0.2, 0) is 4.79 Å². The Labute approximate surface area is 141 Å². The number of aromatic nitrogens is 3. The van der Waals surface area contributed by atoms with Gasteiger partial charge in [-0.05, 0) is 30.7 Å². The van der Waals surface area contributed by atoms with Crippen LogP contribution >= 0.6 is 0 Å². The van der Waals surface area contributed by atoms with Gasteiger partial charge in [0.15, 0.2) is 11.6 Å². The Morgan fingerprint density at radius 1 is 1.17 bits per heavy atom. The van der Waals surface area contributed by atoms with Gasteiger partial charge in [-0.3, -0.25) is 9.78 Å². The van der Waals surface area contributed by atoms with E-state index in [9.17, 15) is 4.79 Å².